The average molecular weight is 357 g/mol. The number of aromatic nitrogens is 2. The van der Waals surface area contributed by atoms with E-state index in [1.807, 2.05) is 64.0 Å². The number of rotatable bonds is 7. The van der Waals surface area contributed by atoms with E-state index in [2.05, 4.69) is 9.97 Å². The first-order valence-corrected chi connectivity index (χ1v) is 8.59. The van der Waals surface area contributed by atoms with Crippen molar-refractivity contribution in [2.24, 2.45) is 11.7 Å². The van der Waals surface area contributed by atoms with E-state index in [-0.39, 0.29) is 5.92 Å². The van der Waals surface area contributed by atoms with Gasteiger partial charge >= 0.3 is 6.09 Å². The Hall–Kier alpha value is -2.70. The van der Waals surface area contributed by atoms with Crippen molar-refractivity contribution in [3.05, 3.63) is 30.1 Å². The number of amides is 1. The minimum Gasteiger partial charge on any atom is -0.444 e. The first kappa shape index (κ1) is 19.6. The van der Waals surface area contributed by atoms with Crippen molar-refractivity contribution in [3.8, 4) is 0 Å². The number of anilines is 1. The number of benzene rings is 1. The van der Waals surface area contributed by atoms with Crippen LogP contribution in [0.5, 0.6) is 0 Å². The van der Waals surface area contributed by atoms with E-state index in [0.717, 1.165) is 16.7 Å². The number of nitrogens with two attached hydrogens (primary N) is 1. The average Bonchev–Trinajstić information content (AvgIpc) is 2.51. The smallest absolute Gasteiger partial charge is 0.405 e. The third kappa shape index (κ3) is 4.91. The Morgan fingerprint density at radius 2 is 1.96 bits per heavy atom. The number of hydrogen-bond donors (Lipinski definition) is 2. The molecule has 0 bridgehead atoms. The highest BCUT2D eigenvalue weighted by molar-refractivity contribution is 5.99. The summed E-state index contributed by atoms with van der Waals surface area (Å²) < 4.78 is 5.13. The van der Waals surface area contributed by atoms with Gasteiger partial charge in [-0.1, -0.05) is 19.1 Å². The van der Waals surface area contributed by atoms with Gasteiger partial charge in [0, 0.05) is 19.5 Å². The number of primary amides is 1. The molecule has 1 amide bonds. The monoisotopic (exact) mass is 357 g/mol. The SMILES string of the molecule is CC(CC(=N)c1nc(N(C)C)c2ccccc2n1)CC(C)(C)OC(N)=O. The normalized spacial score (nSPS) is 12.7. The van der Waals surface area contributed by atoms with E-state index in [0.29, 0.717) is 24.4 Å². The number of nitrogens with zero attached hydrogens (tertiary/aromatic N) is 3. The van der Waals surface area contributed by atoms with Gasteiger partial charge in [-0.05, 0) is 44.7 Å². The molecule has 0 aliphatic rings. The van der Waals surface area contributed by atoms with Crippen LogP contribution in [0.1, 0.15) is 39.4 Å². The van der Waals surface area contributed by atoms with E-state index in [1.165, 1.54) is 0 Å². The van der Waals surface area contributed by atoms with E-state index in [9.17, 15) is 4.79 Å². The van der Waals surface area contributed by atoms with Crippen LogP contribution in [-0.4, -0.2) is 41.5 Å². The molecule has 0 aliphatic heterocycles. The van der Waals surface area contributed by atoms with Gasteiger partial charge in [0.05, 0.1) is 11.2 Å². The zero-order valence-electron chi connectivity index (χ0n) is 16.0. The minimum atomic E-state index is -0.786. The fourth-order valence-electron chi connectivity index (χ4n) is 3.20. The predicted molar refractivity (Wildman–Crippen MR) is 104 cm³/mol. The molecule has 1 aromatic heterocycles. The number of ether oxygens (including phenoxy) is 1. The highest BCUT2D eigenvalue weighted by Gasteiger charge is 2.26. The molecule has 7 nitrogen and oxygen atoms in total. The van der Waals surface area contributed by atoms with Crippen LogP contribution in [0.4, 0.5) is 10.6 Å². The molecule has 3 N–H and O–H groups in total. The molecule has 1 atom stereocenters. The van der Waals surface area contributed by atoms with Gasteiger partial charge in [-0.25, -0.2) is 14.8 Å². The number of para-hydroxylation sites is 1. The quantitative estimate of drug-likeness (QED) is 0.739. The van der Waals surface area contributed by atoms with Crippen molar-refractivity contribution in [3.63, 3.8) is 0 Å². The summed E-state index contributed by atoms with van der Waals surface area (Å²) in [5.41, 5.74) is 5.62. The van der Waals surface area contributed by atoms with E-state index in [4.69, 9.17) is 15.9 Å². The number of hydrogen-bond acceptors (Lipinski definition) is 6. The summed E-state index contributed by atoms with van der Waals surface area (Å²) >= 11 is 0. The Balaban J connectivity index is 2.20. The highest BCUT2D eigenvalue weighted by atomic mass is 16.6. The number of carbonyl (C=O) groups excluding carboxylic acids is 1. The van der Waals surface area contributed by atoms with Gasteiger partial charge in [0.1, 0.15) is 11.4 Å². The Morgan fingerprint density at radius 3 is 2.58 bits per heavy atom. The largest absolute Gasteiger partial charge is 0.444 e. The molecular formula is C19H27N5O2. The van der Waals surface area contributed by atoms with Crippen molar-refractivity contribution in [1.29, 1.82) is 5.41 Å². The van der Waals surface area contributed by atoms with Gasteiger partial charge in [-0.3, -0.25) is 0 Å². The van der Waals surface area contributed by atoms with Crippen molar-refractivity contribution < 1.29 is 9.53 Å². The summed E-state index contributed by atoms with van der Waals surface area (Å²) in [6.07, 6.45) is 0.286. The second kappa shape index (κ2) is 7.68. The lowest BCUT2D eigenvalue weighted by atomic mass is 9.90. The van der Waals surface area contributed by atoms with Crippen LogP contribution in [0.3, 0.4) is 0 Å². The molecule has 0 aliphatic carbocycles. The lowest BCUT2D eigenvalue weighted by Gasteiger charge is -2.27. The lowest BCUT2D eigenvalue weighted by molar-refractivity contribution is 0.0290. The molecule has 7 heteroatoms. The summed E-state index contributed by atoms with van der Waals surface area (Å²) in [6, 6.07) is 7.78. The molecule has 0 radical (unpaired) electrons. The fourth-order valence-corrected chi connectivity index (χ4v) is 3.20. The second-order valence-electron chi connectivity index (χ2n) is 7.46. The van der Waals surface area contributed by atoms with Crippen molar-refractivity contribution in [1.82, 2.24) is 9.97 Å². The van der Waals surface area contributed by atoms with Crippen LogP contribution in [-0.2, 0) is 4.74 Å². The first-order valence-electron chi connectivity index (χ1n) is 8.59. The molecule has 2 rings (SSSR count). The molecule has 0 fully saturated rings. The van der Waals surface area contributed by atoms with Gasteiger partial charge in [-0.2, -0.15) is 0 Å². The molecule has 1 aromatic carbocycles. The third-order valence-corrected chi connectivity index (χ3v) is 4.05. The second-order valence-corrected chi connectivity index (χ2v) is 7.46. The highest BCUT2D eigenvalue weighted by Crippen LogP contribution is 2.25. The Kier molecular flexibility index (Phi) is 5.79. The summed E-state index contributed by atoms with van der Waals surface area (Å²) in [6.45, 7) is 5.64. The Bertz CT molecular complexity index is 817. The van der Waals surface area contributed by atoms with Crippen LogP contribution < -0.4 is 10.6 Å². The van der Waals surface area contributed by atoms with Crippen molar-refractivity contribution >= 4 is 28.5 Å². The van der Waals surface area contributed by atoms with Gasteiger partial charge in [0.2, 0.25) is 0 Å². The molecule has 2 aromatic rings. The van der Waals surface area contributed by atoms with E-state index >= 15 is 0 Å². The fraction of sp³-hybridized carbons (Fsp3) is 0.474. The number of carbonyl (C=O) groups is 1. The molecule has 1 heterocycles. The maximum Gasteiger partial charge on any atom is 0.405 e. The minimum absolute atomic E-state index is 0.106. The van der Waals surface area contributed by atoms with Gasteiger partial charge in [0.15, 0.2) is 5.82 Å². The van der Waals surface area contributed by atoms with Crippen LogP contribution in [0.25, 0.3) is 10.9 Å². The van der Waals surface area contributed by atoms with E-state index < -0.39 is 11.7 Å². The zero-order chi connectivity index (χ0) is 19.5. The van der Waals surface area contributed by atoms with Gasteiger partial charge in [0.25, 0.3) is 0 Å². The summed E-state index contributed by atoms with van der Waals surface area (Å²) in [7, 11) is 3.85. The van der Waals surface area contributed by atoms with Crippen LogP contribution >= 0.6 is 0 Å². The van der Waals surface area contributed by atoms with Crippen molar-refractivity contribution in [2.45, 2.75) is 39.2 Å². The molecule has 0 saturated heterocycles. The molecule has 26 heavy (non-hydrogen) atoms. The number of nitrogens with one attached hydrogen (secondary N) is 1. The standard InChI is InChI=1S/C19H27N5O2/c1-12(11-19(2,3)26-18(21)25)10-14(20)16-22-15-9-7-6-8-13(15)17(23-16)24(4)5/h6-9,12,20H,10-11H2,1-5H3,(H2,21,25). The molecule has 0 spiro atoms. The maximum atomic E-state index is 11.0. The summed E-state index contributed by atoms with van der Waals surface area (Å²) in [5.74, 6) is 1.32. The topological polar surface area (TPSA) is 105 Å². The third-order valence-electron chi connectivity index (χ3n) is 4.05. The first-order chi connectivity index (χ1) is 12.1. The van der Waals surface area contributed by atoms with Crippen LogP contribution in [0.15, 0.2) is 24.3 Å². The molecule has 0 saturated carbocycles. The summed E-state index contributed by atoms with van der Waals surface area (Å²) in [5, 5.41) is 9.40. The maximum absolute atomic E-state index is 11.0. The molecule has 1 unspecified atom stereocenters. The lowest BCUT2D eigenvalue weighted by Crippen LogP contribution is -2.33. The number of fused-ring (bicyclic) bond motifs is 1. The molecule has 140 valence electrons. The Labute approximate surface area is 154 Å². The van der Waals surface area contributed by atoms with Gasteiger partial charge < -0.3 is 20.8 Å². The van der Waals surface area contributed by atoms with Crippen LogP contribution in [0, 0.1) is 11.3 Å². The summed E-state index contributed by atoms with van der Waals surface area (Å²) in [4.78, 5) is 22.1. The van der Waals surface area contributed by atoms with E-state index in [1.54, 1.807) is 0 Å². The zero-order valence-corrected chi connectivity index (χ0v) is 16.0. The predicted octanol–water partition coefficient (Wildman–Crippen LogP) is 3.35. The van der Waals surface area contributed by atoms with Crippen molar-refractivity contribution in [2.75, 3.05) is 19.0 Å². The Morgan fingerprint density at radius 1 is 1.31 bits per heavy atom. The molecular weight excluding hydrogens is 330 g/mol. The van der Waals surface area contributed by atoms with Crippen LogP contribution in [0.2, 0.25) is 0 Å². The van der Waals surface area contributed by atoms with Gasteiger partial charge in [-0.15, -0.1) is 0 Å².